The van der Waals surface area contributed by atoms with Gasteiger partial charge in [-0.1, -0.05) is 65.8 Å². The summed E-state index contributed by atoms with van der Waals surface area (Å²) in [7, 11) is 0. The van der Waals surface area contributed by atoms with E-state index in [9.17, 15) is 20.1 Å². The zero-order valence-electron chi connectivity index (χ0n) is 22.8. The predicted molar refractivity (Wildman–Crippen MR) is 141 cm³/mol. The molecule has 2 fully saturated rings. The molecule has 3 N–H and O–H groups in total. The summed E-state index contributed by atoms with van der Waals surface area (Å²) in [5, 5.41) is 32.5. The minimum absolute atomic E-state index is 0.00889. The molecule has 8 atom stereocenters. The second kappa shape index (κ2) is 9.17. The number of hydrogen-bond acceptors (Lipinski definition) is 3. The van der Waals surface area contributed by atoms with Crippen molar-refractivity contribution in [2.75, 3.05) is 0 Å². The second-order valence-electron chi connectivity index (χ2n) is 13.7. The van der Waals surface area contributed by atoms with Gasteiger partial charge < -0.3 is 15.3 Å². The van der Waals surface area contributed by atoms with Gasteiger partial charge in [0.25, 0.3) is 0 Å². The minimum Gasteiger partial charge on any atom is -0.481 e. The summed E-state index contributed by atoms with van der Waals surface area (Å²) in [6.45, 7) is 17.5. The van der Waals surface area contributed by atoms with Gasteiger partial charge in [-0.3, -0.25) is 4.79 Å². The monoisotopic (exact) mass is 484 g/mol. The largest absolute Gasteiger partial charge is 0.481 e. The molecule has 0 aliphatic heterocycles. The molecule has 1 unspecified atom stereocenters. The molecule has 196 valence electrons. The van der Waals surface area contributed by atoms with E-state index in [2.05, 4.69) is 60.3 Å². The van der Waals surface area contributed by atoms with Crippen LogP contribution < -0.4 is 0 Å². The van der Waals surface area contributed by atoms with E-state index in [1.54, 1.807) is 0 Å². The first-order chi connectivity index (χ1) is 16.2. The number of carboxylic acid groups (broad SMARTS) is 1. The van der Waals surface area contributed by atoms with Crippen molar-refractivity contribution in [3.8, 4) is 0 Å². The first-order valence-electron chi connectivity index (χ1n) is 13.9. The SMILES string of the molecule is C=C(CC[C@@H](C(=O)O)[C@@H]1[C@@H]2CC=C3C(=CC[C@H]4C(C)(C)C(O)CC[C@]34C)[C@@](C)(C2)C[C@H]1O)C(C)C. The van der Waals surface area contributed by atoms with Crippen molar-refractivity contribution in [3.63, 3.8) is 0 Å². The van der Waals surface area contributed by atoms with Gasteiger partial charge in [0.05, 0.1) is 18.1 Å². The van der Waals surface area contributed by atoms with E-state index in [0.717, 1.165) is 37.7 Å². The zero-order valence-corrected chi connectivity index (χ0v) is 22.8. The summed E-state index contributed by atoms with van der Waals surface area (Å²) in [5.74, 6) is -0.683. The molecule has 0 radical (unpaired) electrons. The smallest absolute Gasteiger partial charge is 0.306 e. The standard InChI is InChI=1S/C31H48O4/c1-18(2)19(3)8-10-21(28(34)35)27-20-9-11-23-22(30(6,16-20)17-24(27)32)12-13-25-29(4,5)26(33)14-15-31(23,25)7/h11-12,18,20-21,24-27,32-33H,3,8-10,13-17H2,1-2,4-7H3,(H,34,35)/t20-,21-,24-,25+,26?,27+,30+,31-/m1/s1. The molecular weight excluding hydrogens is 436 g/mol. The minimum atomic E-state index is -0.780. The van der Waals surface area contributed by atoms with Gasteiger partial charge >= 0.3 is 5.97 Å². The van der Waals surface area contributed by atoms with Crippen LogP contribution in [0.2, 0.25) is 0 Å². The fourth-order valence-electron chi connectivity index (χ4n) is 8.64. The normalized spacial score (nSPS) is 41.1. The number of allylic oxidation sites excluding steroid dienone is 5. The van der Waals surface area contributed by atoms with Crippen LogP contribution in [0.1, 0.15) is 92.9 Å². The second-order valence-corrected chi connectivity index (χ2v) is 13.7. The number of carbonyl (C=O) groups is 1. The van der Waals surface area contributed by atoms with E-state index < -0.39 is 18.0 Å². The molecule has 0 spiro atoms. The van der Waals surface area contributed by atoms with Crippen molar-refractivity contribution in [2.24, 2.45) is 45.8 Å². The molecular formula is C31H48O4. The molecule has 0 aromatic rings. The van der Waals surface area contributed by atoms with Crippen molar-refractivity contribution in [3.05, 3.63) is 35.5 Å². The Balaban J connectivity index is 1.68. The Kier molecular flexibility index (Phi) is 6.99. The quantitative estimate of drug-likeness (QED) is 0.374. The molecule has 0 saturated heterocycles. The van der Waals surface area contributed by atoms with Gasteiger partial charge in [-0.2, -0.15) is 0 Å². The Morgan fingerprint density at radius 1 is 1.09 bits per heavy atom. The van der Waals surface area contributed by atoms with Crippen LogP contribution in [-0.2, 0) is 4.79 Å². The van der Waals surface area contributed by atoms with E-state index >= 15 is 0 Å². The van der Waals surface area contributed by atoms with Crippen molar-refractivity contribution in [1.29, 1.82) is 0 Å². The topological polar surface area (TPSA) is 77.8 Å². The van der Waals surface area contributed by atoms with Crippen LogP contribution in [0.3, 0.4) is 0 Å². The van der Waals surface area contributed by atoms with Gasteiger partial charge in [0.1, 0.15) is 0 Å². The maximum atomic E-state index is 12.5. The van der Waals surface area contributed by atoms with Crippen molar-refractivity contribution in [1.82, 2.24) is 0 Å². The average molecular weight is 485 g/mol. The Hall–Kier alpha value is -1.39. The number of carboxylic acids is 1. The Labute approximate surface area is 212 Å². The number of fused-ring (bicyclic) bond motifs is 6. The zero-order chi connectivity index (χ0) is 25.9. The van der Waals surface area contributed by atoms with Gasteiger partial charge in [0, 0.05) is 5.92 Å². The number of rotatable bonds is 6. The van der Waals surface area contributed by atoms with Crippen LogP contribution in [0.25, 0.3) is 0 Å². The highest BCUT2D eigenvalue weighted by Gasteiger charge is 2.58. The fraction of sp³-hybridized carbons (Fsp3) is 0.774. The van der Waals surface area contributed by atoms with Crippen LogP contribution in [0.15, 0.2) is 35.5 Å². The lowest BCUT2D eigenvalue weighted by atomic mass is 9.47. The van der Waals surface area contributed by atoms with Gasteiger partial charge in [-0.15, -0.1) is 0 Å². The molecule has 0 heterocycles. The molecule has 4 aliphatic carbocycles. The molecule has 0 aromatic heterocycles. The summed E-state index contributed by atoms with van der Waals surface area (Å²) in [6.07, 6.45) is 10.3. The highest BCUT2D eigenvalue weighted by molar-refractivity contribution is 5.70. The van der Waals surface area contributed by atoms with E-state index in [1.165, 1.54) is 11.1 Å². The van der Waals surface area contributed by atoms with Gasteiger partial charge in [-0.05, 0) is 96.5 Å². The van der Waals surface area contributed by atoms with Crippen LogP contribution >= 0.6 is 0 Å². The first-order valence-corrected chi connectivity index (χ1v) is 13.9. The number of hydrogen-bond donors (Lipinski definition) is 3. The third-order valence-corrected chi connectivity index (χ3v) is 10.9. The third kappa shape index (κ3) is 4.37. The maximum absolute atomic E-state index is 12.5. The molecule has 4 aliphatic rings. The predicted octanol–water partition coefficient (Wildman–Crippen LogP) is 6.54. The lowest BCUT2D eigenvalue weighted by Gasteiger charge is -2.58. The molecule has 0 aromatic carbocycles. The molecule has 0 amide bonds. The van der Waals surface area contributed by atoms with E-state index in [4.69, 9.17) is 0 Å². The van der Waals surface area contributed by atoms with Crippen molar-refractivity contribution in [2.45, 2.75) is 105 Å². The van der Waals surface area contributed by atoms with Crippen molar-refractivity contribution < 1.29 is 20.1 Å². The molecule has 2 bridgehead atoms. The van der Waals surface area contributed by atoms with Crippen molar-refractivity contribution >= 4 is 5.97 Å². The van der Waals surface area contributed by atoms with Gasteiger partial charge in [0.2, 0.25) is 0 Å². The van der Waals surface area contributed by atoms with Crippen LogP contribution in [0, 0.1) is 45.8 Å². The molecule has 2 saturated carbocycles. The summed E-state index contributed by atoms with van der Waals surface area (Å²) < 4.78 is 0. The highest BCUT2D eigenvalue weighted by Crippen LogP contribution is 2.65. The molecule has 35 heavy (non-hydrogen) atoms. The van der Waals surface area contributed by atoms with Gasteiger partial charge in [0.15, 0.2) is 0 Å². The van der Waals surface area contributed by atoms with E-state index in [0.29, 0.717) is 31.1 Å². The first kappa shape index (κ1) is 26.7. The highest BCUT2D eigenvalue weighted by atomic mass is 16.4. The number of aliphatic carboxylic acids is 1. The molecule has 4 heteroatoms. The summed E-state index contributed by atoms with van der Waals surface area (Å²) >= 11 is 0. The third-order valence-electron chi connectivity index (χ3n) is 10.9. The van der Waals surface area contributed by atoms with Crippen LogP contribution in [-0.4, -0.2) is 33.5 Å². The summed E-state index contributed by atoms with van der Waals surface area (Å²) in [4.78, 5) is 12.5. The van der Waals surface area contributed by atoms with E-state index in [1.807, 2.05) is 0 Å². The lowest BCUT2D eigenvalue weighted by Crippen LogP contribution is -2.53. The Morgan fingerprint density at radius 3 is 2.37 bits per heavy atom. The maximum Gasteiger partial charge on any atom is 0.306 e. The summed E-state index contributed by atoms with van der Waals surface area (Å²) in [5.41, 5.74) is 3.63. The number of aliphatic hydroxyl groups excluding tert-OH is 2. The van der Waals surface area contributed by atoms with E-state index in [-0.39, 0.29) is 34.2 Å². The Bertz CT molecular complexity index is 926. The fourth-order valence-corrected chi connectivity index (χ4v) is 8.64. The average Bonchev–Trinajstić information content (AvgIpc) is 2.87. The lowest BCUT2D eigenvalue weighted by molar-refractivity contribution is -0.150. The molecule has 4 rings (SSSR count). The van der Waals surface area contributed by atoms with Crippen LogP contribution in [0.5, 0.6) is 0 Å². The molecule has 4 nitrogen and oxygen atoms in total. The van der Waals surface area contributed by atoms with Gasteiger partial charge in [-0.25, -0.2) is 0 Å². The number of aliphatic hydroxyl groups is 2. The summed E-state index contributed by atoms with van der Waals surface area (Å²) in [6, 6.07) is 0. The van der Waals surface area contributed by atoms with Crippen LogP contribution in [0.4, 0.5) is 0 Å². The Morgan fingerprint density at radius 2 is 1.74 bits per heavy atom.